The highest BCUT2D eigenvalue weighted by molar-refractivity contribution is 8.00. The number of nitrogens with zero attached hydrogens (tertiary/aromatic N) is 1. The molecular formula is C24H29N3O4S. The molecule has 1 heterocycles. The molecule has 1 aliphatic rings. The Morgan fingerprint density at radius 2 is 2.03 bits per heavy atom. The Bertz CT molecular complexity index is 977. The second-order valence-corrected chi connectivity index (χ2v) is 8.34. The van der Waals surface area contributed by atoms with Gasteiger partial charge in [0.05, 0.1) is 31.2 Å². The van der Waals surface area contributed by atoms with Gasteiger partial charge in [0.25, 0.3) is 5.91 Å². The lowest BCUT2D eigenvalue weighted by Gasteiger charge is -2.14. The molecular weight excluding hydrogens is 426 g/mol. The van der Waals surface area contributed by atoms with E-state index in [2.05, 4.69) is 21.7 Å². The van der Waals surface area contributed by atoms with Crippen molar-refractivity contribution in [2.45, 2.75) is 37.1 Å². The van der Waals surface area contributed by atoms with Gasteiger partial charge in [-0.05, 0) is 56.4 Å². The first kappa shape index (κ1) is 23.7. The quantitative estimate of drug-likeness (QED) is 0.406. The van der Waals surface area contributed by atoms with Crippen molar-refractivity contribution in [2.75, 3.05) is 31.8 Å². The lowest BCUT2D eigenvalue weighted by molar-refractivity contribution is -0.113. The molecule has 8 heteroatoms. The van der Waals surface area contributed by atoms with Crippen LogP contribution in [0.4, 0.5) is 5.69 Å². The summed E-state index contributed by atoms with van der Waals surface area (Å²) in [6.07, 6.45) is 9.53. The van der Waals surface area contributed by atoms with Gasteiger partial charge >= 0.3 is 0 Å². The summed E-state index contributed by atoms with van der Waals surface area (Å²) >= 11 is 1.22. The number of amides is 2. The molecule has 0 bridgehead atoms. The van der Waals surface area contributed by atoms with Gasteiger partial charge in [0.2, 0.25) is 5.91 Å². The number of thioether (sulfide) groups is 1. The van der Waals surface area contributed by atoms with Crippen molar-refractivity contribution in [1.29, 1.82) is 0 Å². The monoisotopic (exact) mass is 455 g/mol. The van der Waals surface area contributed by atoms with Crippen LogP contribution in [0.3, 0.4) is 0 Å². The predicted molar refractivity (Wildman–Crippen MR) is 127 cm³/mol. The first-order chi connectivity index (χ1) is 15.6. The van der Waals surface area contributed by atoms with Crippen LogP contribution < -0.4 is 20.1 Å². The lowest BCUT2D eigenvalue weighted by atomic mass is 9.97. The molecule has 2 amide bonds. The van der Waals surface area contributed by atoms with Gasteiger partial charge < -0.3 is 20.1 Å². The number of carbonyl (C=O) groups excluding carboxylic acids is 2. The van der Waals surface area contributed by atoms with E-state index in [1.807, 2.05) is 0 Å². The van der Waals surface area contributed by atoms with Crippen LogP contribution in [-0.2, 0) is 4.79 Å². The van der Waals surface area contributed by atoms with E-state index in [9.17, 15) is 9.59 Å². The summed E-state index contributed by atoms with van der Waals surface area (Å²) in [5.41, 5.74) is 2.45. The number of anilines is 1. The number of pyridine rings is 1. The number of hydrogen-bond donors (Lipinski definition) is 2. The Hall–Kier alpha value is -3.00. The number of nitrogens with one attached hydrogen (secondary N) is 2. The largest absolute Gasteiger partial charge is 0.497 e. The molecule has 0 saturated carbocycles. The van der Waals surface area contributed by atoms with Crippen LogP contribution >= 0.6 is 11.8 Å². The van der Waals surface area contributed by atoms with Crippen LogP contribution in [0.15, 0.2) is 53.2 Å². The molecule has 0 radical (unpaired) electrons. The zero-order chi connectivity index (χ0) is 22.8. The third-order valence-corrected chi connectivity index (χ3v) is 6.16. The van der Waals surface area contributed by atoms with Crippen LogP contribution in [0, 0.1) is 0 Å². The molecule has 0 fully saturated rings. The third-order valence-electron chi connectivity index (χ3n) is 5.16. The first-order valence-electron chi connectivity index (χ1n) is 10.7. The van der Waals surface area contributed by atoms with Gasteiger partial charge in [-0.3, -0.25) is 9.59 Å². The molecule has 0 unspecified atom stereocenters. The predicted octanol–water partition coefficient (Wildman–Crippen LogP) is 4.45. The summed E-state index contributed by atoms with van der Waals surface area (Å²) in [4.78, 5) is 29.5. The van der Waals surface area contributed by atoms with Crippen LogP contribution in [-0.4, -0.2) is 43.3 Å². The summed E-state index contributed by atoms with van der Waals surface area (Å²) in [5, 5.41) is 6.33. The van der Waals surface area contributed by atoms with E-state index in [4.69, 9.17) is 9.47 Å². The zero-order valence-electron chi connectivity index (χ0n) is 18.5. The average molecular weight is 456 g/mol. The fourth-order valence-corrected chi connectivity index (χ4v) is 4.26. The van der Waals surface area contributed by atoms with E-state index in [1.54, 1.807) is 43.6 Å². The zero-order valence-corrected chi connectivity index (χ0v) is 19.3. The maximum atomic E-state index is 12.7. The lowest BCUT2D eigenvalue weighted by Crippen LogP contribution is -2.26. The summed E-state index contributed by atoms with van der Waals surface area (Å²) in [7, 11) is 3.10. The number of allylic oxidation sites excluding steroid dienone is 1. The van der Waals surface area contributed by atoms with Gasteiger partial charge in [0.15, 0.2) is 0 Å². The van der Waals surface area contributed by atoms with Gasteiger partial charge in [-0.25, -0.2) is 4.98 Å². The van der Waals surface area contributed by atoms with Crippen molar-refractivity contribution in [3.8, 4) is 11.5 Å². The number of hydrogen-bond acceptors (Lipinski definition) is 6. The normalized spacial score (nSPS) is 13.1. The van der Waals surface area contributed by atoms with E-state index >= 15 is 0 Å². The molecule has 7 nitrogen and oxygen atoms in total. The number of rotatable bonds is 10. The van der Waals surface area contributed by atoms with E-state index < -0.39 is 0 Å². The molecule has 2 N–H and O–H groups in total. The summed E-state index contributed by atoms with van der Waals surface area (Å²) in [5.74, 6) is 0.861. The van der Waals surface area contributed by atoms with Crippen LogP contribution in [0.1, 0.15) is 42.5 Å². The molecule has 1 aromatic heterocycles. The van der Waals surface area contributed by atoms with Gasteiger partial charge in [-0.2, -0.15) is 0 Å². The number of ether oxygens (including phenoxy) is 2. The molecule has 3 rings (SSSR count). The van der Waals surface area contributed by atoms with Crippen molar-refractivity contribution in [3.05, 3.63) is 53.7 Å². The van der Waals surface area contributed by atoms with E-state index in [-0.39, 0.29) is 17.6 Å². The van der Waals surface area contributed by atoms with E-state index in [0.717, 1.165) is 19.3 Å². The SMILES string of the molecule is COc1ccc(NC(=O)CSc2ncccc2C(=O)NCCC2=CCCCC2)c(OC)c1. The minimum atomic E-state index is -0.222. The highest BCUT2D eigenvalue weighted by atomic mass is 32.2. The molecule has 1 aliphatic carbocycles. The second-order valence-electron chi connectivity index (χ2n) is 7.37. The third kappa shape index (κ3) is 6.75. The summed E-state index contributed by atoms with van der Waals surface area (Å²) in [6.45, 7) is 0.599. The minimum Gasteiger partial charge on any atom is -0.497 e. The van der Waals surface area contributed by atoms with Gasteiger partial charge in [0.1, 0.15) is 16.5 Å². The van der Waals surface area contributed by atoms with E-state index in [1.165, 1.54) is 37.3 Å². The number of methoxy groups -OCH3 is 2. The maximum Gasteiger partial charge on any atom is 0.254 e. The van der Waals surface area contributed by atoms with E-state index in [0.29, 0.717) is 34.3 Å². The van der Waals surface area contributed by atoms with Crippen molar-refractivity contribution in [3.63, 3.8) is 0 Å². The number of aromatic nitrogens is 1. The van der Waals surface area contributed by atoms with Crippen molar-refractivity contribution >= 4 is 29.3 Å². The van der Waals surface area contributed by atoms with Crippen LogP contribution in [0.2, 0.25) is 0 Å². The Kier molecular flexibility index (Phi) is 8.98. The molecule has 0 spiro atoms. The average Bonchev–Trinajstić information content (AvgIpc) is 2.83. The molecule has 1 aromatic carbocycles. The molecule has 32 heavy (non-hydrogen) atoms. The van der Waals surface area contributed by atoms with Crippen LogP contribution in [0.5, 0.6) is 11.5 Å². The number of carbonyl (C=O) groups is 2. The fraction of sp³-hybridized carbons (Fsp3) is 0.375. The van der Waals surface area contributed by atoms with Gasteiger partial charge in [0, 0.05) is 18.8 Å². The second kappa shape index (κ2) is 12.1. The Balaban J connectivity index is 1.54. The molecule has 0 atom stereocenters. The van der Waals surface area contributed by atoms with Crippen molar-refractivity contribution < 1.29 is 19.1 Å². The smallest absolute Gasteiger partial charge is 0.254 e. The van der Waals surface area contributed by atoms with Crippen molar-refractivity contribution in [2.24, 2.45) is 0 Å². The first-order valence-corrected chi connectivity index (χ1v) is 11.6. The Labute approximate surface area is 193 Å². The van der Waals surface area contributed by atoms with Gasteiger partial charge in [-0.15, -0.1) is 0 Å². The highest BCUT2D eigenvalue weighted by Gasteiger charge is 2.15. The molecule has 0 saturated heterocycles. The standard InChI is InChI=1S/C24H29N3O4S/c1-30-18-10-11-20(21(15-18)31-2)27-22(28)16-32-24-19(9-6-13-26-24)23(29)25-14-12-17-7-4-3-5-8-17/h6-7,9-11,13,15H,3-5,8,12,14,16H2,1-2H3,(H,25,29)(H,27,28). The maximum absolute atomic E-state index is 12.7. The Morgan fingerprint density at radius 1 is 1.16 bits per heavy atom. The van der Waals surface area contributed by atoms with Gasteiger partial charge in [-0.1, -0.05) is 23.4 Å². The minimum absolute atomic E-state index is 0.110. The Morgan fingerprint density at radius 3 is 2.78 bits per heavy atom. The molecule has 170 valence electrons. The highest BCUT2D eigenvalue weighted by Crippen LogP contribution is 2.29. The summed E-state index contributed by atoms with van der Waals surface area (Å²) in [6, 6.07) is 8.63. The van der Waals surface area contributed by atoms with Crippen molar-refractivity contribution in [1.82, 2.24) is 10.3 Å². The number of benzene rings is 1. The fourth-order valence-electron chi connectivity index (χ4n) is 3.46. The topological polar surface area (TPSA) is 89.5 Å². The molecule has 2 aromatic rings. The van der Waals surface area contributed by atoms with Crippen LogP contribution in [0.25, 0.3) is 0 Å². The summed E-state index contributed by atoms with van der Waals surface area (Å²) < 4.78 is 10.5. The molecule has 0 aliphatic heterocycles.